The van der Waals surface area contributed by atoms with Crippen LogP contribution in [0.15, 0.2) is 107 Å². The molecule has 0 atom stereocenters. The fourth-order valence-electron chi connectivity index (χ4n) is 4.29. The van der Waals surface area contributed by atoms with Crippen molar-refractivity contribution in [3.8, 4) is 22.8 Å². The van der Waals surface area contributed by atoms with Crippen molar-refractivity contribution >= 4 is 68.1 Å². The SMILES string of the molecule is Nc1nc(Nc2ccccc2SSc2ccccc2Nc2nc(N)nc(-c3cccc([N+](=O)[O-])c3)n2)nc(-c2cccc([N+](=O)[O-])c2)n1. The number of non-ortho nitro benzene ring substituents is 2. The second-order valence-corrected chi connectivity index (χ2v) is 11.9. The smallest absolute Gasteiger partial charge is 0.270 e. The van der Waals surface area contributed by atoms with Crippen molar-refractivity contribution < 1.29 is 9.85 Å². The number of nitro groups is 2. The molecule has 0 saturated carbocycles. The van der Waals surface area contributed by atoms with E-state index in [4.69, 9.17) is 11.5 Å². The van der Waals surface area contributed by atoms with Gasteiger partial charge in [-0.2, -0.15) is 29.9 Å². The van der Waals surface area contributed by atoms with Gasteiger partial charge < -0.3 is 22.1 Å². The Morgan fingerprint density at radius 2 is 0.958 bits per heavy atom. The maximum atomic E-state index is 11.3. The van der Waals surface area contributed by atoms with E-state index >= 15 is 0 Å². The summed E-state index contributed by atoms with van der Waals surface area (Å²) in [7, 11) is 2.91. The third-order valence-corrected chi connectivity index (χ3v) is 8.91. The van der Waals surface area contributed by atoms with Gasteiger partial charge in [0.2, 0.25) is 23.8 Å². The number of nitrogens with two attached hydrogens (primary N) is 2. The molecule has 4 aromatic carbocycles. The summed E-state index contributed by atoms with van der Waals surface area (Å²) in [5.74, 6) is 0.580. The summed E-state index contributed by atoms with van der Waals surface area (Å²) in [6, 6.07) is 26.9. The number of benzene rings is 4. The van der Waals surface area contributed by atoms with Crippen LogP contribution in [0, 0.1) is 20.2 Å². The molecule has 0 spiro atoms. The van der Waals surface area contributed by atoms with Gasteiger partial charge in [-0.3, -0.25) is 20.2 Å². The lowest BCUT2D eigenvalue weighted by molar-refractivity contribution is -0.385. The fourth-order valence-corrected chi connectivity index (χ4v) is 6.56. The van der Waals surface area contributed by atoms with Crippen molar-refractivity contribution in [2.24, 2.45) is 0 Å². The van der Waals surface area contributed by atoms with Crippen LogP contribution >= 0.6 is 21.6 Å². The molecule has 6 aromatic rings. The monoisotopic (exact) mass is 678 g/mol. The number of nitrogen functional groups attached to an aromatic ring is 2. The molecule has 2 heterocycles. The molecule has 0 radical (unpaired) electrons. The number of para-hydroxylation sites is 2. The molecule has 6 N–H and O–H groups in total. The van der Waals surface area contributed by atoms with Crippen molar-refractivity contribution in [1.82, 2.24) is 29.9 Å². The van der Waals surface area contributed by atoms with E-state index < -0.39 is 9.85 Å². The van der Waals surface area contributed by atoms with Crippen LogP contribution in [-0.4, -0.2) is 39.8 Å². The Kier molecular flexibility index (Phi) is 9.17. The number of nitro benzene ring substituents is 2. The largest absolute Gasteiger partial charge is 0.368 e. The Bertz CT molecular complexity index is 2020. The van der Waals surface area contributed by atoms with Gasteiger partial charge in [-0.1, -0.05) is 70.1 Å². The van der Waals surface area contributed by atoms with E-state index in [2.05, 4.69) is 40.5 Å². The fraction of sp³-hybridized carbons (Fsp3) is 0. The standard InChI is InChI=1S/C30H22N12O4S2/c31-27-35-25(17-7-5-9-19(15-17)41(43)44)37-29(39-27)33-21-11-1-3-13-23(21)47-48-24-14-4-2-12-22(24)34-30-38-26(36-28(32)40-30)18-8-6-10-20(16-18)42(45)46/h1-16H,(H3,31,33,35,37,39)(H3,32,34,36,38,40). The number of rotatable bonds is 11. The first kappa shape index (κ1) is 31.6. The van der Waals surface area contributed by atoms with Crippen molar-refractivity contribution in [2.45, 2.75) is 9.79 Å². The zero-order valence-corrected chi connectivity index (χ0v) is 26.1. The van der Waals surface area contributed by atoms with Crippen LogP contribution in [0.4, 0.5) is 46.5 Å². The predicted octanol–water partition coefficient (Wildman–Crippen LogP) is 6.66. The van der Waals surface area contributed by atoms with Crippen LogP contribution in [0.2, 0.25) is 0 Å². The molecule has 238 valence electrons. The summed E-state index contributed by atoms with van der Waals surface area (Å²) >= 11 is 0. The zero-order valence-electron chi connectivity index (χ0n) is 24.4. The number of nitrogens with one attached hydrogen (secondary N) is 2. The minimum Gasteiger partial charge on any atom is -0.368 e. The molecular formula is C30H22N12O4S2. The maximum absolute atomic E-state index is 11.3. The van der Waals surface area contributed by atoms with Crippen LogP contribution in [0.5, 0.6) is 0 Å². The minimum atomic E-state index is -0.497. The highest BCUT2D eigenvalue weighted by molar-refractivity contribution is 8.76. The van der Waals surface area contributed by atoms with Gasteiger partial charge in [0.25, 0.3) is 11.4 Å². The van der Waals surface area contributed by atoms with Gasteiger partial charge in [-0.25, -0.2) is 0 Å². The molecular weight excluding hydrogens is 657 g/mol. The maximum Gasteiger partial charge on any atom is 0.270 e. The van der Waals surface area contributed by atoms with E-state index in [1.165, 1.54) is 45.9 Å². The van der Waals surface area contributed by atoms with E-state index in [1.54, 1.807) is 24.3 Å². The average Bonchev–Trinajstić information content (AvgIpc) is 3.08. The van der Waals surface area contributed by atoms with E-state index in [9.17, 15) is 20.2 Å². The lowest BCUT2D eigenvalue weighted by Crippen LogP contribution is -2.05. The first-order chi connectivity index (χ1) is 23.2. The highest BCUT2D eigenvalue weighted by atomic mass is 33.1. The molecule has 48 heavy (non-hydrogen) atoms. The number of hydrogen-bond donors (Lipinski definition) is 4. The molecule has 16 nitrogen and oxygen atoms in total. The molecule has 0 unspecified atom stereocenters. The third-order valence-electron chi connectivity index (χ3n) is 6.42. The van der Waals surface area contributed by atoms with E-state index in [1.807, 2.05) is 48.5 Å². The predicted molar refractivity (Wildman–Crippen MR) is 184 cm³/mol. The van der Waals surface area contributed by atoms with Gasteiger partial charge in [-0.05, 0) is 24.3 Å². The van der Waals surface area contributed by atoms with Crippen molar-refractivity contribution in [3.63, 3.8) is 0 Å². The zero-order chi connectivity index (χ0) is 33.6. The van der Waals surface area contributed by atoms with E-state index in [-0.39, 0.29) is 46.8 Å². The Balaban J connectivity index is 1.21. The topological polar surface area (TPSA) is 240 Å². The van der Waals surface area contributed by atoms with Crippen molar-refractivity contribution in [1.29, 1.82) is 0 Å². The second kappa shape index (κ2) is 13.9. The van der Waals surface area contributed by atoms with Gasteiger partial charge in [0.15, 0.2) is 11.6 Å². The van der Waals surface area contributed by atoms with Crippen LogP contribution < -0.4 is 22.1 Å². The molecule has 0 saturated heterocycles. The summed E-state index contributed by atoms with van der Waals surface area (Å²) in [6.07, 6.45) is 0. The number of aromatic nitrogens is 6. The lowest BCUT2D eigenvalue weighted by Gasteiger charge is -2.13. The lowest BCUT2D eigenvalue weighted by atomic mass is 10.2. The summed E-state index contributed by atoms with van der Waals surface area (Å²) < 4.78 is 0. The number of nitrogens with zero attached hydrogens (tertiary/aromatic N) is 8. The first-order valence-corrected chi connectivity index (χ1v) is 16.0. The summed E-state index contributed by atoms with van der Waals surface area (Å²) in [5.41, 5.74) is 13.9. The Morgan fingerprint density at radius 1 is 0.542 bits per heavy atom. The van der Waals surface area contributed by atoms with Gasteiger partial charge in [0.05, 0.1) is 21.2 Å². The molecule has 0 aliphatic rings. The van der Waals surface area contributed by atoms with E-state index in [0.29, 0.717) is 22.5 Å². The normalized spacial score (nSPS) is 10.8. The van der Waals surface area contributed by atoms with Gasteiger partial charge >= 0.3 is 0 Å². The van der Waals surface area contributed by atoms with Crippen LogP contribution in [0.1, 0.15) is 0 Å². The van der Waals surface area contributed by atoms with Crippen LogP contribution in [0.25, 0.3) is 22.8 Å². The van der Waals surface area contributed by atoms with Crippen LogP contribution in [0.3, 0.4) is 0 Å². The molecule has 0 aliphatic heterocycles. The first-order valence-electron chi connectivity index (χ1n) is 13.8. The van der Waals surface area contributed by atoms with Crippen molar-refractivity contribution in [3.05, 3.63) is 117 Å². The van der Waals surface area contributed by atoms with Crippen LogP contribution in [-0.2, 0) is 0 Å². The summed E-state index contributed by atoms with van der Waals surface area (Å²) in [5, 5.41) is 28.9. The quantitative estimate of drug-likeness (QED) is 0.0636. The third kappa shape index (κ3) is 7.52. The molecule has 6 rings (SSSR count). The number of anilines is 6. The molecule has 0 fully saturated rings. The van der Waals surface area contributed by atoms with Crippen molar-refractivity contribution in [2.75, 3.05) is 22.1 Å². The molecule has 0 amide bonds. The van der Waals surface area contributed by atoms with Gasteiger partial charge in [-0.15, -0.1) is 0 Å². The van der Waals surface area contributed by atoms with Gasteiger partial charge in [0.1, 0.15) is 0 Å². The average molecular weight is 679 g/mol. The molecule has 18 heteroatoms. The highest BCUT2D eigenvalue weighted by Crippen LogP contribution is 2.44. The summed E-state index contributed by atoms with van der Waals surface area (Å²) in [4.78, 5) is 48.8. The molecule has 0 aliphatic carbocycles. The molecule has 0 bridgehead atoms. The second-order valence-electron chi connectivity index (χ2n) is 9.71. The Labute approximate surface area is 279 Å². The highest BCUT2D eigenvalue weighted by Gasteiger charge is 2.15. The molecule has 2 aromatic heterocycles. The Hall–Kier alpha value is -6.40. The Morgan fingerprint density at radius 3 is 1.38 bits per heavy atom. The van der Waals surface area contributed by atoms with E-state index in [0.717, 1.165) is 9.79 Å². The minimum absolute atomic E-state index is 0.0545. The van der Waals surface area contributed by atoms with Gasteiger partial charge in [0, 0.05) is 45.2 Å². The summed E-state index contributed by atoms with van der Waals surface area (Å²) in [6.45, 7) is 0. The number of hydrogen-bond acceptors (Lipinski definition) is 16.